The molecule has 1 aromatic heterocycles. The standard InChI is InChI=1S/C18H20ClF4N3O/c1-8-11(19)16(26(5)25-8)17(27)24-7-10-14(22)12(20)9(6-18(2,3)4)13(21)15(10)23/h6-7H2,1-5H3,(H,24,27). The zero-order chi connectivity index (χ0) is 20.7. The Balaban J connectivity index is 2.33. The summed E-state index contributed by atoms with van der Waals surface area (Å²) in [7, 11) is 1.47. The van der Waals surface area contributed by atoms with E-state index in [4.69, 9.17) is 11.6 Å². The lowest BCUT2D eigenvalue weighted by atomic mass is 9.87. The molecule has 1 heterocycles. The Bertz CT molecular complexity index is 874. The highest BCUT2D eigenvalue weighted by Crippen LogP contribution is 2.30. The second-order valence-electron chi connectivity index (χ2n) is 7.50. The summed E-state index contributed by atoms with van der Waals surface area (Å²) in [4.78, 5) is 12.2. The fourth-order valence-corrected chi connectivity index (χ4v) is 2.94. The summed E-state index contributed by atoms with van der Waals surface area (Å²) >= 11 is 5.97. The van der Waals surface area contributed by atoms with Crippen molar-refractivity contribution in [2.45, 2.75) is 40.7 Å². The molecule has 0 saturated heterocycles. The number of aromatic nitrogens is 2. The van der Waals surface area contributed by atoms with Crippen LogP contribution in [0.15, 0.2) is 0 Å². The second kappa shape index (κ2) is 7.50. The normalized spacial score (nSPS) is 11.8. The molecule has 1 aromatic carbocycles. The molecule has 0 radical (unpaired) electrons. The predicted octanol–water partition coefficient (Wildman–Crippen LogP) is 4.46. The molecular weight excluding hydrogens is 386 g/mol. The van der Waals surface area contributed by atoms with Gasteiger partial charge >= 0.3 is 0 Å². The van der Waals surface area contributed by atoms with E-state index in [9.17, 15) is 22.4 Å². The van der Waals surface area contributed by atoms with Crippen LogP contribution in [-0.4, -0.2) is 15.7 Å². The number of aryl methyl sites for hydroxylation is 2. The Hall–Kier alpha value is -2.09. The van der Waals surface area contributed by atoms with E-state index in [1.807, 2.05) is 0 Å². The van der Waals surface area contributed by atoms with Gasteiger partial charge in [0.25, 0.3) is 5.91 Å². The summed E-state index contributed by atoms with van der Waals surface area (Å²) in [5.74, 6) is -6.74. The number of carbonyl (C=O) groups excluding carboxylic acids is 1. The molecule has 1 N–H and O–H groups in total. The first kappa shape index (κ1) is 21.2. The fraction of sp³-hybridized carbons (Fsp3) is 0.444. The maximum Gasteiger partial charge on any atom is 0.271 e. The van der Waals surface area contributed by atoms with E-state index in [0.717, 1.165) is 0 Å². The van der Waals surface area contributed by atoms with E-state index in [2.05, 4.69) is 10.4 Å². The van der Waals surface area contributed by atoms with E-state index in [0.29, 0.717) is 5.69 Å². The first-order valence-corrected chi connectivity index (χ1v) is 8.54. The summed E-state index contributed by atoms with van der Waals surface area (Å²) in [5, 5.41) is 6.25. The summed E-state index contributed by atoms with van der Waals surface area (Å²) in [5.41, 5.74) is -1.76. The topological polar surface area (TPSA) is 46.9 Å². The lowest BCUT2D eigenvalue weighted by Crippen LogP contribution is -2.27. The summed E-state index contributed by atoms with van der Waals surface area (Å²) < 4.78 is 58.4. The van der Waals surface area contributed by atoms with Crippen molar-refractivity contribution >= 4 is 17.5 Å². The smallest absolute Gasteiger partial charge is 0.271 e. The highest BCUT2D eigenvalue weighted by Gasteiger charge is 2.28. The maximum atomic E-state index is 14.3. The van der Waals surface area contributed by atoms with Crippen LogP contribution in [0.25, 0.3) is 0 Å². The van der Waals surface area contributed by atoms with Crippen molar-refractivity contribution in [1.82, 2.24) is 15.1 Å². The van der Waals surface area contributed by atoms with Gasteiger partial charge in [0.05, 0.1) is 10.7 Å². The van der Waals surface area contributed by atoms with Gasteiger partial charge in [0, 0.05) is 24.7 Å². The lowest BCUT2D eigenvalue weighted by molar-refractivity contribution is 0.0940. The first-order chi connectivity index (χ1) is 12.3. The van der Waals surface area contributed by atoms with Gasteiger partial charge in [0.1, 0.15) is 5.69 Å². The van der Waals surface area contributed by atoms with Crippen LogP contribution in [0, 0.1) is 35.6 Å². The minimum Gasteiger partial charge on any atom is -0.346 e. The highest BCUT2D eigenvalue weighted by molar-refractivity contribution is 6.34. The van der Waals surface area contributed by atoms with Gasteiger partial charge in [-0.15, -0.1) is 0 Å². The largest absolute Gasteiger partial charge is 0.346 e. The van der Waals surface area contributed by atoms with Crippen LogP contribution in [0.3, 0.4) is 0 Å². The molecule has 2 aromatic rings. The van der Waals surface area contributed by atoms with E-state index in [1.165, 1.54) is 11.7 Å². The zero-order valence-electron chi connectivity index (χ0n) is 15.6. The van der Waals surface area contributed by atoms with Crippen LogP contribution in [0.4, 0.5) is 17.6 Å². The molecular formula is C18H20ClF4N3O. The molecule has 0 aliphatic carbocycles. The number of rotatable bonds is 4. The van der Waals surface area contributed by atoms with E-state index in [1.54, 1.807) is 27.7 Å². The van der Waals surface area contributed by atoms with Crippen LogP contribution in [0.1, 0.15) is 48.1 Å². The molecule has 0 fully saturated rings. The molecule has 9 heteroatoms. The molecule has 27 heavy (non-hydrogen) atoms. The first-order valence-electron chi connectivity index (χ1n) is 8.16. The van der Waals surface area contributed by atoms with Crippen LogP contribution in [0.2, 0.25) is 5.02 Å². The molecule has 0 aliphatic heterocycles. The van der Waals surface area contributed by atoms with Gasteiger partial charge in [0.15, 0.2) is 23.3 Å². The summed E-state index contributed by atoms with van der Waals surface area (Å²) in [6.07, 6.45) is -0.185. The van der Waals surface area contributed by atoms with E-state index >= 15 is 0 Å². The lowest BCUT2D eigenvalue weighted by Gasteiger charge is -2.20. The Labute approximate surface area is 159 Å². The van der Waals surface area contributed by atoms with Crippen molar-refractivity contribution in [3.05, 3.63) is 50.8 Å². The Kier molecular flexibility index (Phi) is 5.89. The van der Waals surface area contributed by atoms with Gasteiger partial charge in [-0.1, -0.05) is 32.4 Å². The fourth-order valence-electron chi connectivity index (χ4n) is 2.69. The SMILES string of the molecule is Cc1nn(C)c(C(=O)NCc2c(F)c(F)c(CC(C)(C)C)c(F)c2F)c1Cl. The van der Waals surface area contributed by atoms with Gasteiger partial charge in [-0.3, -0.25) is 9.48 Å². The molecule has 0 saturated carbocycles. The van der Waals surface area contributed by atoms with Gasteiger partial charge in [-0.05, 0) is 18.8 Å². The maximum absolute atomic E-state index is 14.3. The third kappa shape index (κ3) is 4.26. The predicted molar refractivity (Wildman–Crippen MR) is 93.6 cm³/mol. The van der Waals surface area contributed by atoms with Crippen LogP contribution in [0.5, 0.6) is 0 Å². The quantitative estimate of drug-likeness (QED) is 0.603. The average Bonchev–Trinajstić information content (AvgIpc) is 2.81. The number of halogens is 5. The Morgan fingerprint density at radius 2 is 1.56 bits per heavy atom. The van der Waals surface area contributed by atoms with Crippen LogP contribution in [-0.2, 0) is 20.0 Å². The monoisotopic (exact) mass is 405 g/mol. The number of carbonyl (C=O) groups is 1. The zero-order valence-corrected chi connectivity index (χ0v) is 16.4. The Morgan fingerprint density at radius 1 is 1.07 bits per heavy atom. The van der Waals surface area contributed by atoms with E-state index in [-0.39, 0.29) is 17.1 Å². The molecule has 0 aliphatic rings. The molecule has 0 unspecified atom stereocenters. The van der Waals surface area contributed by atoms with Crippen molar-refractivity contribution in [1.29, 1.82) is 0 Å². The highest BCUT2D eigenvalue weighted by atomic mass is 35.5. The number of amides is 1. The van der Waals surface area contributed by atoms with Crippen molar-refractivity contribution in [2.24, 2.45) is 12.5 Å². The van der Waals surface area contributed by atoms with Crippen molar-refractivity contribution in [3.8, 4) is 0 Å². The minimum atomic E-state index is -1.53. The Morgan fingerprint density at radius 3 is 1.96 bits per heavy atom. The summed E-state index contributed by atoms with van der Waals surface area (Å²) in [6, 6.07) is 0. The van der Waals surface area contributed by atoms with Gasteiger partial charge in [0.2, 0.25) is 0 Å². The number of benzene rings is 1. The number of nitrogens with one attached hydrogen (secondary N) is 1. The number of hydrogen-bond donors (Lipinski definition) is 1. The van der Waals surface area contributed by atoms with Gasteiger partial charge in [-0.25, -0.2) is 17.6 Å². The van der Waals surface area contributed by atoms with Crippen molar-refractivity contribution in [2.75, 3.05) is 0 Å². The van der Waals surface area contributed by atoms with E-state index < -0.39 is 52.3 Å². The molecule has 0 spiro atoms. The van der Waals surface area contributed by atoms with Crippen LogP contribution >= 0.6 is 11.6 Å². The van der Waals surface area contributed by atoms with Gasteiger partial charge < -0.3 is 5.32 Å². The minimum absolute atomic E-state index is 0.0275. The number of hydrogen-bond acceptors (Lipinski definition) is 2. The molecule has 1 amide bonds. The van der Waals surface area contributed by atoms with Crippen LogP contribution < -0.4 is 5.32 Å². The third-order valence-electron chi connectivity index (χ3n) is 3.94. The third-order valence-corrected chi connectivity index (χ3v) is 4.39. The molecule has 4 nitrogen and oxygen atoms in total. The van der Waals surface area contributed by atoms with Gasteiger partial charge in [-0.2, -0.15) is 5.10 Å². The molecule has 148 valence electrons. The number of nitrogens with zero attached hydrogens (tertiary/aromatic N) is 2. The second-order valence-corrected chi connectivity index (χ2v) is 7.88. The summed E-state index contributed by atoms with van der Waals surface area (Å²) in [6.45, 7) is 5.90. The van der Waals surface area contributed by atoms with Crippen molar-refractivity contribution < 1.29 is 22.4 Å². The average molecular weight is 406 g/mol. The van der Waals surface area contributed by atoms with Crippen molar-refractivity contribution in [3.63, 3.8) is 0 Å². The molecule has 0 atom stereocenters. The molecule has 2 rings (SSSR count). The molecule has 0 bridgehead atoms.